The van der Waals surface area contributed by atoms with Gasteiger partial charge in [-0.05, 0) is 43.5 Å². The van der Waals surface area contributed by atoms with E-state index in [0.29, 0.717) is 29.6 Å². The smallest absolute Gasteiger partial charge is 0.271 e. The summed E-state index contributed by atoms with van der Waals surface area (Å²) in [5.41, 5.74) is 4.53. The molecule has 1 N–H and O–H groups in total. The van der Waals surface area contributed by atoms with Crippen LogP contribution in [0.5, 0.6) is 0 Å². The Hall–Kier alpha value is -3.60. The molecule has 6 rings (SSSR count). The Morgan fingerprint density at radius 3 is 2.70 bits per heavy atom. The maximum absolute atomic E-state index is 13.0. The lowest BCUT2D eigenvalue weighted by atomic mass is 9.99. The van der Waals surface area contributed by atoms with Gasteiger partial charge in [0.1, 0.15) is 23.5 Å². The number of nitrogens with zero attached hydrogens (tertiary/aromatic N) is 5. The van der Waals surface area contributed by atoms with Crippen LogP contribution in [0.25, 0.3) is 17.0 Å². The van der Waals surface area contributed by atoms with Crippen LogP contribution in [0.2, 0.25) is 0 Å². The number of ether oxygens (including phenoxy) is 2. The van der Waals surface area contributed by atoms with E-state index in [0.717, 1.165) is 31.6 Å². The highest BCUT2D eigenvalue weighted by Crippen LogP contribution is 2.30. The summed E-state index contributed by atoms with van der Waals surface area (Å²) in [5, 5.41) is 6.95. The molecule has 0 aliphatic carbocycles. The van der Waals surface area contributed by atoms with Crippen molar-refractivity contribution < 1.29 is 18.8 Å². The highest BCUT2D eigenvalue weighted by molar-refractivity contribution is 5.92. The van der Waals surface area contributed by atoms with Crippen molar-refractivity contribution in [2.24, 2.45) is 0 Å². The molecule has 10 heteroatoms. The molecule has 1 aromatic carbocycles. The number of aromatic nitrogens is 4. The molecule has 2 aliphatic heterocycles. The zero-order valence-electron chi connectivity index (χ0n) is 21.2. The number of fused-ring (bicyclic) bond motifs is 2. The summed E-state index contributed by atoms with van der Waals surface area (Å²) in [4.78, 5) is 24.1. The molecule has 1 saturated heterocycles. The summed E-state index contributed by atoms with van der Waals surface area (Å²) < 4.78 is 19.3. The highest BCUT2D eigenvalue weighted by Gasteiger charge is 2.42. The first-order valence-corrected chi connectivity index (χ1v) is 12.6. The van der Waals surface area contributed by atoms with Gasteiger partial charge in [0.2, 0.25) is 11.7 Å². The van der Waals surface area contributed by atoms with Gasteiger partial charge in [-0.25, -0.2) is 4.98 Å². The number of hydrogen-bond acceptors (Lipinski definition) is 8. The third-order valence-electron chi connectivity index (χ3n) is 6.87. The lowest BCUT2D eigenvalue weighted by Crippen LogP contribution is -2.44. The molecule has 0 saturated carbocycles. The Morgan fingerprint density at radius 1 is 1.08 bits per heavy atom. The van der Waals surface area contributed by atoms with E-state index in [9.17, 15) is 4.79 Å². The number of amides is 1. The maximum atomic E-state index is 13.0. The first kappa shape index (κ1) is 23.8. The number of rotatable bonds is 6. The van der Waals surface area contributed by atoms with Crippen LogP contribution in [0.1, 0.15) is 41.4 Å². The number of carbonyl (C=O) groups excluding carboxylic acids is 1. The topological polar surface area (TPSA) is 107 Å². The van der Waals surface area contributed by atoms with E-state index in [4.69, 9.17) is 14.0 Å². The Kier molecular flexibility index (Phi) is 6.02. The second-order valence-corrected chi connectivity index (χ2v) is 10.1. The van der Waals surface area contributed by atoms with Crippen molar-refractivity contribution in [1.82, 2.24) is 29.7 Å². The Labute approximate surface area is 214 Å². The van der Waals surface area contributed by atoms with Crippen LogP contribution in [0, 0.1) is 6.92 Å². The fraction of sp³-hybridized carbons (Fsp3) is 0.407. The van der Waals surface area contributed by atoms with Crippen molar-refractivity contribution in [2.45, 2.75) is 51.7 Å². The zero-order valence-corrected chi connectivity index (χ0v) is 21.2. The summed E-state index contributed by atoms with van der Waals surface area (Å²) in [6, 6.07) is 12.3. The van der Waals surface area contributed by atoms with Crippen molar-refractivity contribution >= 4 is 11.6 Å². The lowest BCUT2D eigenvalue weighted by Gasteiger charge is -2.31. The molecule has 2 aliphatic rings. The summed E-state index contributed by atoms with van der Waals surface area (Å²) in [5.74, 6) is 0.00856. The molecule has 1 fully saturated rings. The number of pyridine rings is 1. The molecular formula is C27H30N6O4. The predicted octanol–water partition coefficient (Wildman–Crippen LogP) is 3.00. The van der Waals surface area contributed by atoms with Gasteiger partial charge in [-0.3, -0.25) is 9.69 Å². The van der Waals surface area contributed by atoms with Crippen LogP contribution < -0.4 is 5.32 Å². The largest absolute Gasteiger partial charge is 0.348 e. The van der Waals surface area contributed by atoms with Gasteiger partial charge < -0.3 is 23.7 Å². The average Bonchev–Trinajstić information content (AvgIpc) is 3.58. The van der Waals surface area contributed by atoms with Gasteiger partial charge in [-0.15, -0.1) is 0 Å². The Bertz CT molecular complexity index is 1440. The van der Waals surface area contributed by atoms with Gasteiger partial charge in [-0.2, -0.15) is 4.98 Å². The first-order chi connectivity index (χ1) is 17.8. The van der Waals surface area contributed by atoms with Gasteiger partial charge in [0.25, 0.3) is 5.91 Å². The van der Waals surface area contributed by atoms with E-state index in [1.54, 1.807) is 17.5 Å². The fourth-order valence-corrected chi connectivity index (χ4v) is 5.13. The van der Waals surface area contributed by atoms with E-state index in [1.807, 2.05) is 32.2 Å². The van der Waals surface area contributed by atoms with E-state index in [-0.39, 0.29) is 18.1 Å². The summed E-state index contributed by atoms with van der Waals surface area (Å²) in [6.45, 7) is 8.51. The maximum Gasteiger partial charge on any atom is 0.271 e. The molecule has 10 nitrogen and oxygen atoms in total. The normalized spacial score (nSPS) is 21.3. The lowest BCUT2D eigenvalue weighted by molar-refractivity contribution is -0.147. The third kappa shape index (κ3) is 5.00. The van der Waals surface area contributed by atoms with Gasteiger partial charge in [0, 0.05) is 51.1 Å². The Morgan fingerprint density at radius 2 is 1.89 bits per heavy atom. The van der Waals surface area contributed by atoms with Gasteiger partial charge in [0.05, 0.1) is 0 Å². The van der Waals surface area contributed by atoms with E-state index in [2.05, 4.69) is 49.6 Å². The molecule has 3 aromatic heterocycles. The monoisotopic (exact) mass is 502 g/mol. The second kappa shape index (κ2) is 9.37. The van der Waals surface area contributed by atoms with E-state index >= 15 is 0 Å². The van der Waals surface area contributed by atoms with E-state index < -0.39 is 5.79 Å². The second-order valence-electron chi connectivity index (χ2n) is 10.1. The molecule has 5 heterocycles. The molecule has 37 heavy (non-hydrogen) atoms. The average molecular weight is 503 g/mol. The zero-order chi connectivity index (χ0) is 25.6. The van der Waals surface area contributed by atoms with E-state index in [1.165, 1.54) is 11.1 Å². The van der Waals surface area contributed by atoms with Crippen LogP contribution in [0.15, 0.2) is 53.3 Å². The SMILES string of the molecule is Cc1nc(-c2ccc3nc(C(=O)NC[C@@H]4OC(C)(C)O[C@H]4CN4CCc5ccccc5C4)cn3c2)no1. The number of aryl methyl sites for hydroxylation is 1. The molecular weight excluding hydrogens is 472 g/mol. The molecule has 0 radical (unpaired) electrons. The van der Waals surface area contributed by atoms with Crippen molar-refractivity contribution in [3.8, 4) is 11.4 Å². The molecule has 0 bridgehead atoms. The number of hydrogen-bond donors (Lipinski definition) is 1. The minimum Gasteiger partial charge on any atom is -0.348 e. The predicted molar refractivity (Wildman–Crippen MR) is 135 cm³/mol. The molecule has 0 unspecified atom stereocenters. The Balaban J connectivity index is 1.11. The van der Waals surface area contributed by atoms with Crippen molar-refractivity contribution in [1.29, 1.82) is 0 Å². The summed E-state index contributed by atoms with van der Waals surface area (Å²) in [7, 11) is 0. The van der Waals surface area contributed by atoms with Crippen molar-refractivity contribution in [3.05, 3.63) is 71.5 Å². The van der Waals surface area contributed by atoms with Crippen LogP contribution in [-0.4, -0.2) is 68.0 Å². The van der Waals surface area contributed by atoms with Gasteiger partial charge >= 0.3 is 0 Å². The van der Waals surface area contributed by atoms with Crippen LogP contribution in [-0.2, 0) is 22.4 Å². The molecule has 2 atom stereocenters. The molecule has 1 amide bonds. The van der Waals surface area contributed by atoms with Crippen LogP contribution in [0.3, 0.4) is 0 Å². The van der Waals surface area contributed by atoms with Crippen molar-refractivity contribution in [3.63, 3.8) is 0 Å². The van der Waals surface area contributed by atoms with Gasteiger partial charge in [-0.1, -0.05) is 29.4 Å². The quantitative estimate of drug-likeness (QED) is 0.429. The third-order valence-corrected chi connectivity index (χ3v) is 6.87. The minimum absolute atomic E-state index is 0.150. The number of benzene rings is 1. The fourth-order valence-electron chi connectivity index (χ4n) is 5.13. The van der Waals surface area contributed by atoms with Gasteiger partial charge in [0.15, 0.2) is 5.79 Å². The van der Waals surface area contributed by atoms with Crippen LogP contribution >= 0.6 is 0 Å². The number of imidazole rings is 1. The van der Waals surface area contributed by atoms with Crippen LogP contribution in [0.4, 0.5) is 0 Å². The molecule has 192 valence electrons. The molecule has 0 spiro atoms. The summed E-state index contributed by atoms with van der Waals surface area (Å²) in [6.07, 6.45) is 4.13. The number of carbonyl (C=O) groups is 1. The minimum atomic E-state index is -0.708. The number of nitrogens with one attached hydrogen (secondary N) is 1. The summed E-state index contributed by atoms with van der Waals surface area (Å²) >= 11 is 0. The highest BCUT2D eigenvalue weighted by atomic mass is 16.8. The standard InChI is InChI=1S/C27H30N6O4/c1-17-29-25(31-37-17)20-8-9-24-30-21(15-33(24)14-20)26(34)28-12-22-23(36-27(2,3)35-22)16-32-11-10-18-6-4-5-7-19(18)13-32/h4-9,14-15,22-23H,10-13,16H2,1-3H3,(H,28,34)/t22-,23-/m0/s1. The first-order valence-electron chi connectivity index (χ1n) is 12.6. The molecule has 4 aromatic rings. The van der Waals surface area contributed by atoms with Crippen molar-refractivity contribution in [2.75, 3.05) is 19.6 Å².